The Bertz CT molecular complexity index is 1680. The maximum absolute atomic E-state index is 13.9. The number of sulfonamides is 1. The zero-order chi connectivity index (χ0) is 29.9. The van der Waals surface area contributed by atoms with Gasteiger partial charge < -0.3 is 9.64 Å². The topological polar surface area (TPSA) is 84.0 Å². The lowest BCUT2D eigenvalue weighted by molar-refractivity contribution is -0.152. The predicted octanol–water partition coefficient (Wildman–Crippen LogP) is 6.96. The molecular weight excluding hydrogens is 583 g/mol. The number of nitrogens with zero attached hydrogens (tertiary/aromatic N) is 2. The first kappa shape index (κ1) is 30.4. The molecule has 0 saturated carbocycles. The van der Waals surface area contributed by atoms with Gasteiger partial charge in [-0.1, -0.05) is 71.7 Å². The summed E-state index contributed by atoms with van der Waals surface area (Å²) < 4.78 is 34.1. The molecule has 214 valence electrons. The molecule has 0 fully saturated rings. The zero-order valence-electron chi connectivity index (χ0n) is 23.1. The number of benzene rings is 4. The Labute approximate surface area is 250 Å². The molecule has 0 bridgehead atoms. The van der Waals surface area contributed by atoms with Crippen LogP contribution in [0.3, 0.4) is 0 Å². The highest BCUT2D eigenvalue weighted by molar-refractivity contribution is 7.92. The minimum atomic E-state index is -4.30. The highest BCUT2D eigenvalue weighted by atomic mass is 35.5. The van der Waals surface area contributed by atoms with Crippen molar-refractivity contribution in [3.05, 3.63) is 106 Å². The Kier molecular flexibility index (Phi) is 8.97. The molecular formula is C31H30Cl2N2O5S. The van der Waals surface area contributed by atoms with Gasteiger partial charge in [0, 0.05) is 29.2 Å². The van der Waals surface area contributed by atoms with Crippen LogP contribution in [-0.4, -0.2) is 44.4 Å². The Morgan fingerprint density at radius 2 is 1.51 bits per heavy atom. The number of halogens is 2. The fourth-order valence-corrected chi connectivity index (χ4v) is 6.49. The van der Waals surface area contributed by atoms with Gasteiger partial charge in [0.05, 0.1) is 10.6 Å². The second-order valence-electron chi connectivity index (χ2n) is 10.6. The molecule has 7 nitrogen and oxygen atoms in total. The second kappa shape index (κ2) is 12.1. The molecule has 10 heteroatoms. The number of esters is 1. The average molecular weight is 614 g/mol. The number of ether oxygens (including phenoxy) is 1. The van der Waals surface area contributed by atoms with Gasteiger partial charge in [-0.25, -0.2) is 8.42 Å². The van der Waals surface area contributed by atoms with Crippen molar-refractivity contribution in [2.75, 3.05) is 17.9 Å². The summed E-state index contributed by atoms with van der Waals surface area (Å²) in [6.45, 7) is 4.93. The van der Waals surface area contributed by atoms with Crippen molar-refractivity contribution in [3.63, 3.8) is 0 Å². The summed E-state index contributed by atoms with van der Waals surface area (Å²) in [5.41, 5.74) is 0.850. The molecule has 0 heterocycles. The molecule has 4 rings (SSSR count). The van der Waals surface area contributed by atoms with Crippen LogP contribution >= 0.6 is 23.2 Å². The van der Waals surface area contributed by atoms with Gasteiger partial charge in [-0.05, 0) is 73.5 Å². The number of fused-ring (bicyclic) bond motifs is 1. The fourth-order valence-electron chi connectivity index (χ4n) is 4.36. The fraction of sp³-hybridized carbons (Fsp3) is 0.226. The molecule has 0 radical (unpaired) electrons. The Morgan fingerprint density at radius 1 is 0.854 bits per heavy atom. The maximum atomic E-state index is 13.9. The van der Waals surface area contributed by atoms with E-state index in [1.807, 2.05) is 30.3 Å². The van der Waals surface area contributed by atoms with Crippen molar-refractivity contribution in [3.8, 4) is 0 Å². The van der Waals surface area contributed by atoms with Gasteiger partial charge in [0.1, 0.15) is 12.1 Å². The molecule has 41 heavy (non-hydrogen) atoms. The molecule has 4 aromatic carbocycles. The van der Waals surface area contributed by atoms with Crippen molar-refractivity contribution >= 4 is 61.6 Å². The van der Waals surface area contributed by atoms with E-state index in [2.05, 4.69) is 0 Å². The van der Waals surface area contributed by atoms with E-state index >= 15 is 0 Å². The third-order valence-electron chi connectivity index (χ3n) is 6.11. The number of carbonyl (C=O) groups is 2. The molecule has 0 N–H and O–H groups in total. The quantitative estimate of drug-likeness (QED) is 0.201. The van der Waals surface area contributed by atoms with E-state index in [4.69, 9.17) is 27.9 Å². The Morgan fingerprint density at radius 3 is 2.15 bits per heavy atom. The van der Waals surface area contributed by atoms with Crippen molar-refractivity contribution in [1.29, 1.82) is 0 Å². The minimum absolute atomic E-state index is 0.134. The largest absolute Gasteiger partial charge is 0.459 e. The van der Waals surface area contributed by atoms with Crippen molar-refractivity contribution < 1.29 is 22.7 Å². The van der Waals surface area contributed by atoms with Crippen LogP contribution in [0.25, 0.3) is 10.8 Å². The van der Waals surface area contributed by atoms with Crippen LogP contribution in [0.2, 0.25) is 10.0 Å². The molecule has 4 aromatic rings. The van der Waals surface area contributed by atoms with Gasteiger partial charge in [0.25, 0.3) is 15.9 Å². The molecule has 0 unspecified atom stereocenters. The van der Waals surface area contributed by atoms with Crippen LogP contribution in [0.15, 0.2) is 89.8 Å². The summed E-state index contributed by atoms with van der Waals surface area (Å²) >= 11 is 12.2. The number of amides is 1. The Balaban J connectivity index is 1.75. The molecule has 0 saturated heterocycles. The third kappa shape index (κ3) is 7.38. The van der Waals surface area contributed by atoms with E-state index in [-0.39, 0.29) is 26.5 Å². The first-order valence-electron chi connectivity index (χ1n) is 12.8. The third-order valence-corrected chi connectivity index (χ3v) is 8.30. The average Bonchev–Trinajstić information content (AvgIpc) is 2.89. The van der Waals surface area contributed by atoms with Crippen LogP contribution in [0.4, 0.5) is 5.69 Å². The SMILES string of the molecule is CN(Cc1ccccc1)C(=O)c1cccc2cc(N(CC(=O)OC(C)(C)C)S(=O)(=O)c3cc(Cl)cc(Cl)c3)ccc12. The van der Waals surface area contributed by atoms with Gasteiger partial charge in [-0.2, -0.15) is 0 Å². The number of hydrogen-bond acceptors (Lipinski definition) is 5. The maximum Gasteiger partial charge on any atom is 0.327 e. The summed E-state index contributed by atoms with van der Waals surface area (Å²) in [4.78, 5) is 27.7. The Hall–Kier alpha value is -3.59. The standard InChI is InChI=1S/C31H30Cl2N2O5S/c1-31(2,3)40-29(36)20-35(41(38,39)26-17-23(32)16-24(33)18-26)25-13-14-27-22(15-25)11-8-12-28(27)30(37)34(4)19-21-9-6-5-7-10-21/h5-18H,19-20H2,1-4H3. The first-order valence-corrected chi connectivity index (χ1v) is 15.0. The van der Waals surface area contributed by atoms with Crippen LogP contribution in [0, 0.1) is 0 Å². The van der Waals surface area contributed by atoms with Crippen LogP contribution < -0.4 is 4.31 Å². The highest BCUT2D eigenvalue weighted by Gasteiger charge is 2.30. The summed E-state index contributed by atoms with van der Waals surface area (Å²) in [7, 11) is -2.57. The molecule has 0 aromatic heterocycles. The lowest BCUT2D eigenvalue weighted by atomic mass is 10.0. The summed E-state index contributed by atoms with van der Waals surface area (Å²) in [5, 5.41) is 1.53. The van der Waals surface area contributed by atoms with Crippen molar-refractivity contribution in [1.82, 2.24) is 4.90 Å². The molecule has 0 aliphatic heterocycles. The minimum Gasteiger partial charge on any atom is -0.459 e. The van der Waals surface area contributed by atoms with Gasteiger partial charge in [-0.15, -0.1) is 0 Å². The van der Waals surface area contributed by atoms with E-state index in [1.54, 1.807) is 69.1 Å². The van der Waals surface area contributed by atoms with Gasteiger partial charge in [0.15, 0.2) is 0 Å². The van der Waals surface area contributed by atoms with E-state index in [0.29, 0.717) is 22.9 Å². The van der Waals surface area contributed by atoms with Crippen LogP contribution in [0.5, 0.6) is 0 Å². The molecule has 0 atom stereocenters. The first-order chi connectivity index (χ1) is 19.2. The number of carbonyl (C=O) groups excluding carboxylic acids is 2. The summed E-state index contributed by atoms with van der Waals surface area (Å²) in [5.74, 6) is -0.917. The molecule has 0 aliphatic carbocycles. The number of rotatable bonds is 8. The number of anilines is 1. The van der Waals surface area contributed by atoms with Crippen LogP contribution in [0.1, 0.15) is 36.7 Å². The lowest BCUT2D eigenvalue weighted by Gasteiger charge is -2.27. The highest BCUT2D eigenvalue weighted by Crippen LogP contribution is 2.31. The van der Waals surface area contributed by atoms with E-state index < -0.39 is 28.1 Å². The monoisotopic (exact) mass is 612 g/mol. The van der Waals surface area contributed by atoms with Gasteiger partial charge >= 0.3 is 5.97 Å². The molecule has 0 spiro atoms. The zero-order valence-corrected chi connectivity index (χ0v) is 25.4. The van der Waals surface area contributed by atoms with Crippen molar-refractivity contribution in [2.45, 2.75) is 37.8 Å². The van der Waals surface area contributed by atoms with E-state index in [1.165, 1.54) is 18.2 Å². The van der Waals surface area contributed by atoms with Gasteiger partial charge in [-0.3, -0.25) is 13.9 Å². The number of hydrogen-bond donors (Lipinski definition) is 0. The summed E-state index contributed by atoms with van der Waals surface area (Å²) in [6, 6.07) is 23.7. The van der Waals surface area contributed by atoms with Crippen LogP contribution in [-0.2, 0) is 26.1 Å². The lowest BCUT2D eigenvalue weighted by Crippen LogP contribution is -2.39. The predicted molar refractivity (Wildman–Crippen MR) is 163 cm³/mol. The van der Waals surface area contributed by atoms with Gasteiger partial charge in [0.2, 0.25) is 0 Å². The smallest absolute Gasteiger partial charge is 0.327 e. The van der Waals surface area contributed by atoms with Crippen molar-refractivity contribution in [2.24, 2.45) is 0 Å². The normalized spacial score (nSPS) is 11.8. The molecule has 0 aliphatic rings. The second-order valence-corrected chi connectivity index (χ2v) is 13.3. The van der Waals surface area contributed by atoms with E-state index in [0.717, 1.165) is 9.87 Å². The summed E-state index contributed by atoms with van der Waals surface area (Å²) in [6.07, 6.45) is 0. The van der Waals surface area contributed by atoms with E-state index in [9.17, 15) is 18.0 Å². The molecule has 1 amide bonds.